The number of amides is 2. The Kier molecular flexibility index (Phi) is 7.04. The van der Waals surface area contributed by atoms with E-state index in [0.29, 0.717) is 33.3 Å². The fraction of sp³-hybridized carbons (Fsp3) is 0.156. The van der Waals surface area contributed by atoms with Crippen molar-refractivity contribution in [3.8, 4) is 11.5 Å². The maximum atomic E-state index is 13.9. The molecular weight excluding hydrogens is 645 g/mol. The number of hydrogen-bond acceptors (Lipinski definition) is 7. The molecule has 0 unspecified atom stereocenters. The van der Waals surface area contributed by atoms with E-state index < -0.39 is 47.0 Å². The van der Waals surface area contributed by atoms with E-state index in [-0.39, 0.29) is 46.6 Å². The van der Waals surface area contributed by atoms with Crippen LogP contribution in [-0.4, -0.2) is 52.6 Å². The molecule has 15 heteroatoms. The molecule has 240 valence electrons. The van der Waals surface area contributed by atoms with Crippen molar-refractivity contribution < 1.29 is 46.6 Å². The van der Waals surface area contributed by atoms with Gasteiger partial charge in [-0.2, -0.15) is 13.2 Å². The number of hydrogen-bond donors (Lipinski definition) is 4. The molecule has 47 heavy (non-hydrogen) atoms. The third kappa shape index (κ3) is 4.97. The Morgan fingerprint density at radius 2 is 1.89 bits per heavy atom. The van der Waals surface area contributed by atoms with Crippen molar-refractivity contribution in [2.45, 2.75) is 12.6 Å². The fourth-order valence-electron chi connectivity index (χ4n) is 5.97. The summed E-state index contributed by atoms with van der Waals surface area (Å²) in [5.41, 5.74) is -0.552. The van der Waals surface area contributed by atoms with Gasteiger partial charge in [-0.1, -0.05) is 23.7 Å². The zero-order valence-electron chi connectivity index (χ0n) is 24.2. The van der Waals surface area contributed by atoms with Gasteiger partial charge < -0.3 is 39.2 Å². The second-order valence-electron chi connectivity index (χ2n) is 10.7. The Balaban J connectivity index is 1.19. The van der Waals surface area contributed by atoms with Crippen LogP contribution in [0.25, 0.3) is 32.8 Å². The van der Waals surface area contributed by atoms with Crippen LogP contribution >= 0.6 is 11.6 Å². The number of halogens is 4. The number of H-pyrrole nitrogens is 2. The minimum Gasteiger partial charge on any atom is -0.506 e. The molecule has 7 rings (SSSR count). The van der Waals surface area contributed by atoms with Gasteiger partial charge in [0, 0.05) is 40.0 Å². The van der Waals surface area contributed by atoms with Crippen molar-refractivity contribution in [2.24, 2.45) is 0 Å². The Bertz CT molecular complexity index is 2270. The van der Waals surface area contributed by atoms with Crippen molar-refractivity contribution in [2.75, 3.05) is 29.9 Å². The number of aromatic nitrogens is 2. The maximum absolute atomic E-state index is 13.9. The van der Waals surface area contributed by atoms with Gasteiger partial charge in [0.25, 0.3) is 11.8 Å². The molecule has 3 aromatic carbocycles. The molecule has 0 radical (unpaired) electrons. The van der Waals surface area contributed by atoms with E-state index in [1.54, 1.807) is 48.5 Å². The summed E-state index contributed by atoms with van der Waals surface area (Å²) >= 11 is 5.46. The number of phenolic OH excluding ortho intramolecular Hbond substituents is 1. The second kappa shape index (κ2) is 11.0. The van der Waals surface area contributed by atoms with Crippen LogP contribution in [0.2, 0.25) is 0 Å². The van der Waals surface area contributed by atoms with Crippen LogP contribution in [0.1, 0.15) is 42.7 Å². The lowest BCUT2D eigenvalue weighted by atomic mass is 10.0. The molecule has 6 aromatic rings. The molecule has 0 bridgehead atoms. The highest BCUT2D eigenvalue weighted by atomic mass is 35.5. The molecule has 0 spiro atoms. The summed E-state index contributed by atoms with van der Waals surface area (Å²) in [4.78, 5) is 45.8. The Labute approximate surface area is 266 Å². The summed E-state index contributed by atoms with van der Waals surface area (Å²) in [6.45, 7) is 0.0577. The largest absolute Gasteiger partial charge is 0.506 e. The highest BCUT2D eigenvalue weighted by Gasteiger charge is 2.42. The summed E-state index contributed by atoms with van der Waals surface area (Å²) in [5, 5.41) is 14.6. The third-order valence-corrected chi connectivity index (χ3v) is 8.10. The molecule has 0 fully saturated rings. The number of esters is 1. The van der Waals surface area contributed by atoms with Gasteiger partial charge in [-0.15, -0.1) is 0 Å². The Hall–Kier alpha value is -5.63. The lowest BCUT2D eigenvalue weighted by Gasteiger charge is -2.17. The molecule has 4 N–H and O–H groups in total. The number of carbonyl (C=O) groups excluding carboxylic acids is 3. The number of anilines is 2. The van der Waals surface area contributed by atoms with Crippen molar-refractivity contribution in [3.05, 3.63) is 82.9 Å². The van der Waals surface area contributed by atoms with Gasteiger partial charge in [-0.25, -0.2) is 4.79 Å². The number of rotatable bonds is 6. The van der Waals surface area contributed by atoms with Gasteiger partial charge in [0.05, 0.1) is 23.9 Å². The number of phenols is 1. The van der Waals surface area contributed by atoms with Gasteiger partial charge in [0.1, 0.15) is 17.1 Å². The summed E-state index contributed by atoms with van der Waals surface area (Å²) in [5.74, 6) is -2.38. The number of furan rings is 1. The molecule has 0 saturated heterocycles. The number of nitrogens with zero attached hydrogens (tertiary/aromatic N) is 1. The van der Waals surface area contributed by atoms with Crippen LogP contribution in [0, 0.1) is 0 Å². The number of carbonyl (C=O) groups is 3. The third-order valence-electron chi connectivity index (χ3n) is 8.00. The first kappa shape index (κ1) is 30.0. The van der Waals surface area contributed by atoms with E-state index in [1.807, 2.05) is 0 Å². The predicted molar refractivity (Wildman–Crippen MR) is 165 cm³/mol. The zero-order chi connectivity index (χ0) is 33.2. The molecule has 0 saturated carbocycles. The summed E-state index contributed by atoms with van der Waals surface area (Å²) < 4.78 is 57.4. The van der Waals surface area contributed by atoms with Crippen LogP contribution in [0.3, 0.4) is 0 Å². The molecule has 1 aliphatic heterocycles. The zero-order valence-corrected chi connectivity index (χ0v) is 24.9. The fourth-order valence-corrected chi connectivity index (χ4v) is 6.07. The number of aromatic amines is 2. The quantitative estimate of drug-likeness (QED) is 0.111. The van der Waals surface area contributed by atoms with E-state index in [2.05, 4.69) is 15.3 Å². The first-order valence-electron chi connectivity index (χ1n) is 14.0. The van der Waals surface area contributed by atoms with Crippen LogP contribution in [0.15, 0.2) is 59.0 Å². The number of ether oxygens (including phenoxy) is 2. The van der Waals surface area contributed by atoms with Gasteiger partial charge in [-0.3, -0.25) is 9.59 Å². The van der Waals surface area contributed by atoms with Crippen molar-refractivity contribution in [3.63, 3.8) is 0 Å². The van der Waals surface area contributed by atoms with E-state index in [4.69, 9.17) is 25.5 Å². The summed E-state index contributed by atoms with van der Waals surface area (Å²) in [6, 6.07) is 13.9. The minimum atomic E-state index is -4.98. The second-order valence-corrected chi connectivity index (χ2v) is 10.9. The highest BCUT2D eigenvalue weighted by molar-refractivity contribution is 6.19. The summed E-state index contributed by atoms with van der Waals surface area (Å²) in [6.07, 6.45) is -4.88. The number of aromatic hydroxyl groups is 1. The van der Waals surface area contributed by atoms with Crippen molar-refractivity contribution in [1.29, 1.82) is 0 Å². The Morgan fingerprint density at radius 3 is 2.64 bits per heavy atom. The molecule has 1 aliphatic rings. The number of para-hydroxylation sites is 1. The lowest BCUT2D eigenvalue weighted by Crippen LogP contribution is -2.29. The van der Waals surface area contributed by atoms with E-state index >= 15 is 0 Å². The smallest absolute Gasteiger partial charge is 0.432 e. The molecule has 0 atom stereocenters. The predicted octanol–water partition coefficient (Wildman–Crippen LogP) is 6.94. The van der Waals surface area contributed by atoms with E-state index in [9.17, 15) is 32.7 Å². The SMILES string of the molecule is COc1cccc2cc(C(=O)Nc3ccc4[nH]c(C(=O)N5CCc6c5cc(O)c5[nH]c(C(F)(F)F)c(C(=O)OCCl)c65)cc4c3)oc12. The number of fused-ring (bicyclic) bond motifs is 5. The summed E-state index contributed by atoms with van der Waals surface area (Å²) in [7, 11) is 1.50. The number of benzene rings is 3. The van der Waals surface area contributed by atoms with Gasteiger partial charge in [0.2, 0.25) is 0 Å². The normalized spacial score (nSPS) is 13.0. The van der Waals surface area contributed by atoms with Crippen LogP contribution in [-0.2, 0) is 17.3 Å². The molecule has 11 nitrogen and oxygen atoms in total. The monoisotopic (exact) mass is 666 g/mol. The Morgan fingerprint density at radius 1 is 1.09 bits per heavy atom. The number of nitrogens with one attached hydrogen (secondary N) is 3. The van der Waals surface area contributed by atoms with Crippen molar-refractivity contribution >= 4 is 73.5 Å². The van der Waals surface area contributed by atoms with Crippen LogP contribution < -0.4 is 15.0 Å². The molecule has 3 aromatic heterocycles. The van der Waals surface area contributed by atoms with Crippen LogP contribution in [0.4, 0.5) is 24.5 Å². The molecular formula is C32H22ClF3N4O7. The van der Waals surface area contributed by atoms with E-state index in [1.165, 1.54) is 18.1 Å². The molecule has 2 amide bonds. The first-order valence-corrected chi connectivity index (χ1v) is 14.5. The van der Waals surface area contributed by atoms with Gasteiger partial charge in [0.15, 0.2) is 23.2 Å². The van der Waals surface area contributed by atoms with Gasteiger partial charge in [-0.05, 0) is 48.4 Å². The van der Waals surface area contributed by atoms with Crippen molar-refractivity contribution in [1.82, 2.24) is 9.97 Å². The average Bonchev–Trinajstić information content (AvgIpc) is 3.82. The standard InChI is InChI=1S/C32H22ClF3N4O7/c1-45-22-4-2-3-14-11-23(47-27(14)22)29(42)37-16-5-6-18-15(9-16)10-19(38-18)30(43)40-8-7-17-20(40)12-21(41)26-24(17)25(31(44)46-13-33)28(39-26)32(34,35)36/h2-6,9-12,38-39,41H,7-8,13H2,1H3,(H,37,42). The lowest BCUT2D eigenvalue weighted by molar-refractivity contribution is -0.141. The first-order chi connectivity index (χ1) is 22.5. The maximum Gasteiger partial charge on any atom is 0.432 e. The van der Waals surface area contributed by atoms with Gasteiger partial charge >= 0.3 is 12.1 Å². The number of alkyl halides is 4. The number of methoxy groups -OCH3 is 1. The highest BCUT2D eigenvalue weighted by Crippen LogP contribution is 2.45. The molecule has 0 aliphatic carbocycles. The van der Waals surface area contributed by atoms with E-state index in [0.717, 1.165) is 0 Å². The average molecular weight is 667 g/mol. The van der Waals surface area contributed by atoms with Crippen LogP contribution in [0.5, 0.6) is 11.5 Å². The topological polar surface area (TPSA) is 150 Å². The molecule has 4 heterocycles. The minimum absolute atomic E-state index is 0.0577.